The molecule has 0 amide bonds. The molecule has 10 heteroatoms. The van der Waals surface area contributed by atoms with Crippen LogP contribution < -0.4 is 22.8 Å². The molecule has 0 saturated carbocycles. The number of rotatable bonds is 3. The molecule has 1 aromatic carbocycles. The normalized spacial score (nSPS) is 9.38. The summed E-state index contributed by atoms with van der Waals surface area (Å²) in [4.78, 5) is 0.138. The summed E-state index contributed by atoms with van der Waals surface area (Å²) in [5, 5.41) is 8.37. The Kier molecular flexibility index (Phi) is 9.15. The van der Waals surface area contributed by atoms with Crippen LogP contribution in [-0.4, -0.2) is 18.6 Å². The molecule has 9 N–H and O–H groups in total. The molecule has 0 aliphatic rings. The maximum absolute atomic E-state index is 11.9. The van der Waals surface area contributed by atoms with E-state index in [4.69, 9.17) is 5.73 Å². The highest BCUT2D eigenvalue weighted by Crippen LogP contribution is 2.19. The molecule has 0 aliphatic carbocycles. The van der Waals surface area contributed by atoms with E-state index in [-0.39, 0.29) is 22.3 Å². The molecule has 0 spiro atoms. The Hall–Kier alpha value is -2.01. The van der Waals surface area contributed by atoms with Gasteiger partial charge in [-0.25, -0.2) is 8.42 Å². The number of nitrogens with one attached hydrogen (secondary N) is 1. The van der Waals surface area contributed by atoms with Crippen LogP contribution in [0, 0.1) is 6.92 Å². The highest BCUT2D eigenvalue weighted by Gasteiger charge is 2.15. The molecule has 2 rings (SSSR count). The van der Waals surface area contributed by atoms with Crippen molar-refractivity contribution in [2.75, 3.05) is 10.5 Å². The average Bonchev–Trinajstić information content (AvgIpc) is 2.77. The third-order valence-corrected chi connectivity index (χ3v) is 4.18. The second-order valence-corrected chi connectivity index (χ2v) is 6.16. The van der Waals surface area contributed by atoms with E-state index < -0.39 is 10.0 Å². The van der Waals surface area contributed by atoms with Gasteiger partial charge in [-0.2, -0.15) is 0 Å². The summed E-state index contributed by atoms with van der Waals surface area (Å²) < 4.78 is 26.2. The van der Waals surface area contributed by atoms with E-state index in [2.05, 4.69) is 28.1 Å². The highest BCUT2D eigenvalue weighted by molar-refractivity contribution is 7.93. The van der Waals surface area contributed by atoms with Gasteiger partial charge in [-0.15, -0.1) is 23.4 Å². The van der Waals surface area contributed by atoms with Crippen molar-refractivity contribution >= 4 is 32.2 Å². The topological polar surface area (TPSA) is 168 Å². The predicted octanol–water partition coefficient (Wildman–Crippen LogP) is 2.36. The van der Waals surface area contributed by atoms with Crippen LogP contribution in [0.25, 0.3) is 0 Å². The monoisotopic (exact) mass is 332 g/mol. The fourth-order valence-electron chi connectivity index (χ4n) is 1.16. The quantitative estimate of drug-likeness (QED) is 0.494. The fraction of sp³-hybridized carbons (Fsp3) is 0.0909. The van der Waals surface area contributed by atoms with Gasteiger partial charge >= 0.3 is 0 Å². The van der Waals surface area contributed by atoms with Crippen molar-refractivity contribution in [1.29, 1.82) is 0 Å². The standard InChI is InChI=1S/C9H10N4O2S2.C2H4.2H3N/c1-6-11-12-9(16-6)13-17(14,15)8-4-2-7(10)3-5-8;1-2;;/h2-5H,10H2,1H3,(H,12,13);1-2H2;2*1H3. The maximum Gasteiger partial charge on any atom is 0.263 e. The zero-order valence-electron chi connectivity index (χ0n) is 11.7. The number of aryl methyl sites for hydroxylation is 1. The fourth-order valence-corrected chi connectivity index (χ4v) is 2.98. The number of aromatic nitrogens is 2. The lowest BCUT2D eigenvalue weighted by Crippen LogP contribution is -2.12. The number of nitrogens with zero attached hydrogens (tertiary/aromatic N) is 2. The minimum atomic E-state index is -3.61. The van der Waals surface area contributed by atoms with E-state index in [0.717, 1.165) is 0 Å². The lowest BCUT2D eigenvalue weighted by atomic mass is 10.3. The largest absolute Gasteiger partial charge is 0.399 e. The Morgan fingerprint density at radius 3 is 2.10 bits per heavy atom. The van der Waals surface area contributed by atoms with E-state index in [1.807, 2.05) is 0 Å². The molecule has 8 nitrogen and oxygen atoms in total. The minimum absolute atomic E-state index is 0. The minimum Gasteiger partial charge on any atom is -0.399 e. The van der Waals surface area contributed by atoms with E-state index in [1.165, 1.54) is 35.6 Å². The molecule has 21 heavy (non-hydrogen) atoms. The zero-order chi connectivity index (χ0) is 14.5. The van der Waals surface area contributed by atoms with Crippen molar-refractivity contribution in [2.24, 2.45) is 0 Å². The summed E-state index contributed by atoms with van der Waals surface area (Å²) in [5.74, 6) is 0. The van der Waals surface area contributed by atoms with Gasteiger partial charge in [0.15, 0.2) is 0 Å². The lowest BCUT2D eigenvalue weighted by molar-refractivity contribution is 0.601. The molecule has 2 aromatic rings. The van der Waals surface area contributed by atoms with Crippen molar-refractivity contribution in [3.63, 3.8) is 0 Å². The van der Waals surface area contributed by atoms with Gasteiger partial charge in [0, 0.05) is 5.69 Å². The SMILES string of the molecule is C=C.Cc1nnc(NS(=O)(=O)c2ccc(N)cc2)s1.N.N. The van der Waals surface area contributed by atoms with Crippen LogP contribution in [0.4, 0.5) is 10.8 Å². The predicted molar refractivity (Wildman–Crippen MR) is 87.6 cm³/mol. The number of benzene rings is 1. The van der Waals surface area contributed by atoms with E-state index >= 15 is 0 Å². The molecule has 0 bridgehead atoms. The molecule has 0 radical (unpaired) electrons. The van der Waals surface area contributed by atoms with Gasteiger partial charge in [0.25, 0.3) is 10.0 Å². The van der Waals surface area contributed by atoms with Gasteiger partial charge in [0.05, 0.1) is 4.90 Å². The van der Waals surface area contributed by atoms with Gasteiger partial charge in [-0.3, -0.25) is 4.72 Å². The number of anilines is 2. The Labute approximate surface area is 128 Å². The van der Waals surface area contributed by atoms with Gasteiger partial charge in [0.2, 0.25) is 5.13 Å². The van der Waals surface area contributed by atoms with Crippen LogP contribution >= 0.6 is 11.3 Å². The summed E-state index contributed by atoms with van der Waals surface area (Å²) >= 11 is 1.18. The number of nitrogen functional groups attached to an aromatic ring is 1. The molecule has 1 aromatic heterocycles. The lowest BCUT2D eigenvalue weighted by Gasteiger charge is -2.04. The highest BCUT2D eigenvalue weighted by atomic mass is 32.2. The molecule has 0 atom stereocenters. The van der Waals surface area contributed by atoms with Crippen molar-refractivity contribution < 1.29 is 8.42 Å². The molecular weight excluding hydrogens is 312 g/mol. The van der Waals surface area contributed by atoms with Gasteiger partial charge in [-0.1, -0.05) is 11.3 Å². The van der Waals surface area contributed by atoms with E-state index in [9.17, 15) is 8.42 Å². The smallest absolute Gasteiger partial charge is 0.263 e. The summed E-state index contributed by atoms with van der Waals surface area (Å²) in [5.41, 5.74) is 6.00. The molecule has 0 saturated heterocycles. The number of hydrogen-bond donors (Lipinski definition) is 4. The first kappa shape index (κ1) is 21.3. The maximum atomic E-state index is 11.9. The Morgan fingerprint density at radius 1 is 1.14 bits per heavy atom. The van der Waals surface area contributed by atoms with Crippen LogP contribution in [0.15, 0.2) is 42.3 Å². The summed E-state index contributed by atoms with van der Waals surface area (Å²) in [7, 11) is -3.61. The Morgan fingerprint density at radius 2 is 1.67 bits per heavy atom. The number of nitrogens with two attached hydrogens (primary N) is 1. The van der Waals surface area contributed by atoms with Crippen molar-refractivity contribution in [3.8, 4) is 0 Å². The average molecular weight is 332 g/mol. The van der Waals surface area contributed by atoms with Crippen LogP contribution in [-0.2, 0) is 10.0 Å². The summed E-state index contributed by atoms with van der Waals surface area (Å²) in [6.45, 7) is 7.75. The van der Waals surface area contributed by atoms with Crippen molar-refractivity contribution in [1.82, 2.24) is 22.5 Å². The second kappa shape index (κ2) is 9.02. The van der Waals surface area contributed by atoms with E-state index in [0.29, 0.717) is 10.7 Å². The number of sulfonamides is 1. The Balaban J connectivity index is 0. The third kappa shape index (κ3) is 5.87. The zero-order valence-corrected chi connectivity index (χ0v) is 13.4. The van der Waals surface area contributed by atoms with Gasteiger partial charge in [0.1, 0.15) is 5.01 Å². The van der Waals surface area contributed by atoms with Crippen molar-refractivity contribution in [3.05, 3.63) is 42.4 Å². The molecule has 0 fully saturated rings. The van der Waals surface area contributed by atoms with Crippen LogP contribution in [0.3, 0.4) is 0 Å². The first-order valence-corrected chi connectivity index (χ1v) is 7.46. The van der Waals surface area contributed by atoms with Gasteiger partial charge in [-0.05, 0) is 31.2 Å². The summed E-state index contributed by atoms with van der Waals surface area (Å²) in [6, 6.07) is 5.93. The molecule has 0 unspecified atom stereocenters. The first-order valence-electron chi connectivity index (χ1n) is 5.16. The Bertz CT molecular complexity index is 639. The third-order valence-electron chi connectivity index (χ3n) is 1.94. The molecule has 1 heterocycles. The van der Waals surface area contributed by atoms with Crippen LogP contribution in [0.1, 0.15) is 5.01 Å². The second-order valence-electron chi connectivity index (χ2n) is 3.30. The molecule has 118 valence electrons. The van der Waals surface area contributed by atoms with Gasteiger partial charge < -0.3 is 18.0 Å². The molecular formula is C11H20N6O2S2. The van der Waals surface area contributed by atoms with Crippen LogP contribution in [0.5, 0.6) is 0 Å². The molecule has 0 aliphatic heterocycles. The van der Waals surface area contributed by atoms with Crippen molar-refractivity contribution in [2.45, 2.75) is 11.8 Å². The summed E-state index contributed by atoms with van der Waals surface area (Å²) in [6.07, 6.45) is 0. The van der Waals surface area contributed by atoms with E-state index in [1.54, 1.807) is 6.92 Å². The number of hydrogen-bond acceptors (Lipinski definition) is 8. The first-order chi connectivity index (χ1) is 8.97. The van der Waals surface area contributed by atoms with Crippen LogP contribution in [0.2, 0.25) is 0 Å².